The average Bonchev–Trinajstić information content (AvgIpc) is 2.41. The molecule has 0 fully saturated rings. The highest BCUT2D eigenvalue weighted by molar-refractivity contribution is 5.92. The third-order valence-corrected chi connectivity index (χ3v) is 3.14. The summed E-state index contributed by atoms with van der Waals surface area (Å²) in [6.45, 7) is 11.3. The summed E-state index contributed by atoms with van der Waals surface area (Å²) in [6, 6.07) is 0. The van der Waals surface area contributed by atoms with E-state index in [-0.39, 0.29) is 24.2 Å². The molecule has 0 heterocycles. The van der Waals surface area contributed by atoms with Gasteiger partial charge in [-0.2, -0.15) is 0 Å². The normalized spacial score (nSPS) is 12.9. The topological polar surface area (TPSA) is 49.4 Å². The number of ketones is 1. The van der Waals surface area contributed by atoms with Gasteiger partial charge in [0.15, 0.2) is 5.78 Å². The molecular weight excluding hydrogens is 252 g/mol. The molecule has 1 atom stereocenters. The van der Waals surface area contributed by atoms with Crippen molar-refractivity contribution in [2.75, 3.05) is 26.7 Å². The Kier molecular flexibility index (Phi) is 9.64. The van der Waals surface area contributed by atoms with Crippen LogP contribution in [0.5, 0.6) is 0 Å². The van der Waals surface area contributed by atoms with Crippen LogP contribution >= 0.6 is 0 Å². The quantitative estimate of drug-likeness (QED) is 0.492. The first-order chi connectivity index (χ1) is 9.36. The van der Waals surface area contributed by atoms with Crippen LogP contribution in [-0.2, 0) is 9.59 Å². The van der Waals surface area contributed by atoms with Gasteiger partial charge in [-0.1, -0.05) is 32.9 Å². The molecule has 0 aromatic carbocycles. The highest BCUT2D eigenvalue weighted by Gasteiger charge is 2.07. The van der Waals surface area contributed by atoms with Crippen molar-refractivity contribution >= 4 is 11.7 Å². The van der Waals surface area contributed by atoms with Crippen molar-refractivity contribution < 1.29 is 9.59 Å². The fourth-order valence-corrected chi connectivity index (χ4v) is 1.41. The van der Waals surface area contributed by atoms with Gasteiger partial charge in [0.25, 0.3) is 0 Å². The fraction of sp³-hybridized carbons (Fsp3) is 0.625. The molecule has 0 saturated heterocycles. The van der Waals surface area contributed by atoms with E-state index < -0.39 is 0 Å². The van der Waals surface area contributed by atoms with Gasteiger partial charge in [-0.05, 0) is 25.9 Å². The Morgan fingerprint density at radius 1 is 1.30 bits per heavy atom. The maximum atomic E-state index is 11.5. The van der Waals surface area contributed by atoms with E-state index in [0.29, 0.717) is 5.92 Å². The smallest absolute Gasteiger partial charge is 0.244 e. The van der Waals surface area contributed by atoms with E-state index >= 15 is 0 Å². The second-order valence-corrected chi connectivity index (χ2v) is 5.51. The van der Waals surface area contributed by atoms with Crippen molar-refractivity contribution in [2.45, 2.75) is 27.2 Å². The molecule has 0 aliphatic rings. The molecule has 4 nitrogen and oxygen atoms in total. The summed E-state index contributed by atoms with van der Waals surface area (Å²) in [4.78, 5) is 25.0. The number of hydrogen-bond acceptors (Lipinski definition) is 3. The van der Waals surface area contributed by atoms with E-state index in [4.69, 9.17) is 0 Å². The molecule has 0 spiro atoms. The van der Waals surface area contributed by atoms with Crippen LogP contribution in [0.2, 0.25) is 0 Å². The monoisotopic (exact) mass is 280 g/mol. The van der Waals surface area contributed by atoms with Crippen molar-refractivity contribution in [3.8, 4) is 0 Å². The number of carbonyl (C=O) groups is 2. The Hall–Kier alpha value is -1.42. The lowest BCUT2D eigenvalue weighted by molar-refractivity contribution is -0.124. The molecule has 1 N–H and O–H groups in total. The van der Waals surface area contributed by atoms with Gasteiger partial charge in [-0.3, -0.25) is 9.59 Å². The van der Waals surface area contributed by atoms with E-state index in [2.05, 4.69) is 23.7 Å². The number of rotatable bonds is 10. The highest BCUT2D eigenvalue weighted by atomic mass is 16.2. The van der Waals surface area contributed by atoms with Gasteiger partial charge in [-0.15, -0.1) is 6.58 Å². The number of Topliss-reactive ketones (excluding diaryl/α,β-unsaturated/α-hetero) is 1. The van der Waals surface area contributed by atoms with E-state index in [0.717, 1.165) is 19.5 Å². The third-order valence-electron chi connectivity index (χ3n) is 3.14. The first-order valence-corrected chi connectivity index (χ1v) is 7.15. The molecule has 114 valence electrons. The predicted octanol–water partition coefficient (Wildman–Crippen LogP) is 2.03. The van der Waals surface area contributed by atoms with Gasteiger partial charge >= 0.3 is 0 Å². The predicted molar refractivity (Wildman–Crippen MR) is 83.5 cm³/mol. The minimum Gasteiger partial charge on any atom is -0.345 e. The molecule has 0 saturated carbocycles. The second kappa shape index (κ2) is 10.4. The molecular formula is C16H28N2O2. The highest BCUT2D eigenvalue weighted by Crippen LogP contribution is 2.03. The van der Waals surface area contributed by atoms with Gasteiger partial charge in [-0.25, -0.2) is 0 Å². The zero-order valence-corrected chi connectivity index (χ0v) is 13.2. The van der Waals surface area contributed by atoms with E-state index in [1.807, 2.05) is 33.0 Å². The van der Waals surface area contributed by atoms with Crippen molar-refractivity contribution in [2.24, 2.45) is 11.8 Å². The van der Waals surface area contributed by atoms with Crippen LogP contribution in [0.3, 0.4) is 0 Å². The summed E-state index contributed by atoms with van der Waals surface area (Å²) in [5, 5.41) is 2.59. The molecule has 0 aromatic heterocycles. The van der Waals surface area contributed by atoms with E-state index in [9.17, 15) is 9.59 Å². The minimum absolute atomic E-state index is 0.0438. The Balaban J connectivity index is 3.85. The largest absolute Gasteiger partial charge is 0.345 e. The summed E-state index contributed by atoms with van der Waals surface area (Å²) in [7, 11) is 2.01. The van der Waals surface area contributed by atoms with Crippen LogP contribution in [0.1, 0.15) is 27.2 Å². The van der Waals surface area contributed by atoms with Gasteiger partial charge in [0.1, 0.15) is 0 Å². The Bertz CT molecular complexity index is 348. The van der Waals surface area contributed by atoms with Gasteiger partial charge in [0, 0.05) is 18.5 Å². The summed E-state index contributed by atoms with van der Waals surface area (Å²) >= 11 is 0. The number of nitrogens with zero attached hydrogens (tertiary/aromatic N) is 1. The van der Waals surface area contributed by atoms with Crippen molar-refractivity contribution in [3.05, 3.63) is 24.8 Å². The zero-order chi connectivity index (χ0) is 15.5. The molecule has 0 radical (unpaired) electrons. The summed E-state index contributed by atoms with van der Waals surface area (Å²) < 4.78 is 0. The molecule has 0 rings (SSSR count). The van der Waals surface area contributed by atoms with Crippen LogP contribution < -0.4 is 5.32 Å². The molecule has 0 aromatic rings. The molecule has 1 unspecified atom stereocenters. The Labute approximate surface area is 122 Å². The standard InChI is InChI=1S/C16H28N2O2/c1-6-14(4)9-11-18(5)10-7-8-16(20)17-12-15(19)13(2)3/h6-8,13-14H,1,9-12H2,2-5H3,(H,17,20)/b8-7+. The van der Waals surface area contributed by atoms with E-state index in [1.54, 1.807) is 0 Å². The number of nitrogens with one attached hydrogen (secondary N) is 1. The van der Waals surface area contributed by atoms with Crippen LogP contribution in [0, 0.1) is 11.8 Å². The molecule has 20 heavy (non-hydrogen) atoms. The molecule has 0 bridgehead atoms. The molecule has 4 heteroatoms. The molecule has 0 aliphatic heterocycles. The van der Waals surface area contributed by atoms with Crippen LogP contribution in [0.15, 0.2) is 24.8 Å². The van der Waals surface area contributed by atoms with Crippen LogP contribution in [-0.4, -0.2) is 43.3 Å². The average molecular weight is 280 g/mol. The SMILES string of the molecule is C=CC(C)CCN(C)C/C=C/C(=O)NCC(=O)C(C)C. The van der Waals surface area contributed by atoms with Crippen molar-refractivity contribution in [3.63, 3.8) is 0 Å². The maximum Gasteiger partial charge on any atom is 0.244 e. The van der Waals surface area contributed by atoms with Crippen LogP contribution in [0.25, 0.3) is 0 Å². The van der Waals surface area contributed by atoms with Crippen LogP contribution in [0.4, 0.5) is 0 Å². The van der Waals surface area contributed by atoms with Gasteiger partial charge < -0.3 is 10.2 Å². The van der Waals surface area contributed by atoms with Gasteiger partial charge in [0.2, 0.25) is 5.91 Å². The summed E-state index contributed by atoms with van der Waals surface area (Å²) in [5.41, 5.74) is 0. The number of amides is 1. The number of likely N-dealkylation sites (N-methyl/N-ethyl adjacent to an activating group) is 1. The number of allylic oxidation sites excluding steroid dienone is 1. The van der Waals surface area contributed by atoms with Crippen molar-refractivity contribution in [1.82, 2.24) is 10.2 Å². The first-order valence-electron chi connectivity index (χ1n) is 7.15. The Morgan fingerprint density at radius 2 is 1.95 bits per heavy atom. The number of hydrogen-bond donors (Lipinski definition) is 1. The lowest BCUT2D eigenvalue weighted by Gasteiger charge is -2.15. The minimum atomic E-state index is -0.216. The zero-order valence-electron chi connectivity index (χ0n) is 13.2. The first kappa shape index (κ1) is 18.6. The maximum absolute atomic E-state index is 11.5. The third kappa shape index (κ3) is 9.50. The lowest BCUT2D eigenvalue weighted by atomic mass is 10.1. The lowest BCUT2D eigenvalue weighted by Crippen LogP contribution is -2.30. The Morgan fingerprint density at radius 3 is 2.50 bits per heavy atom. The summed E-state index contributed by atoms with van der Waals surface area (Å²) in [6.07, 6.45) is 6.31. The number of carbonyl (C=O) groups excluding carboxylic acids is 2. The molecule has 0 aliphatic carbocycles. The fourth-order valence-electron chi connectivity index (χ4n) is 1.41. The van der Waals surface area contributed by atoms with E-state index in [1.165, 1.54) is 6.08 Å². The summed E-state index contributed by atoms with van der Waals surface area (Å²) in [5.74, 6) is 0.290. The second-order valence-electron chi connectivity index (χ2n) is 5.51. The molecule has 1 amide bonds. The van der Waals surface area contributed by atoms with Gasteiger partial charge in [0.05, 0.1) is 6.54 Å². The van der Waals surface area contributed by atoms with Crippen molar-refractivity contribution in [1.29, 1.82) is 0 Å².